The van der Waals surface area contributed by atoms with Crippen LogP contribution in [0, 0.1) is 16.7 Å². The van der Waals surface area contributed by atoms with Crippen LogP contribution in [0.2, 0.25) is 0 Å². The number of piperazine rings is 1. The van der Waals surface area contributed by atoms with Gasteiger partial charge in [-0.25, -0.2) is 0 Å². The van der Waals surface area contributed by atoms with Gasteiger partial charge in [-0.2, -0.15) is 5.26 Å². The van der Waals surface area contributed by atoms with Crippen LogP contribution in [0.1, 0.15) is 32.3 Å². The number of likely N-dealkylation sites (N-methyl/N-ethyl adjacent to an activating group) is 1. The average molecular weight is 401 g/mol. The van der Waals surface area contributed by atoms with Crippen LogP contribution in [0.25, 0.3) is 0 Å². The van der Waals surface area contributed by atoms with Crippen LogP contribution < -0.4 is 4.74 Å². The predicted molar refractivity (Wildman–Crippen MR) is 115 cm³/mol. The Bertz CT molecular complexity index is 674. The van der Waals surface area contributed by atoms with Gasteiger partial charge in [0.2, 0.25) is 0 Å². The third kappa shape index (κ3) is 6.68. The zero-order chi connectivity index (χ0) is 20.7. The molecule has 2 fully saturated rings. The van der Waals surface area contributed by atoms with Crippen LogP contribution in [0.4, 0.5) is 0 Å². The second kappa shape index (κ2) is 10.4. The van der Waals surface area contributed by atoms with Gasteiger partial charge in [-0.15, -0.1) is 0 Å². The molecule has 0 amide bonds. The molecule has 3 rings (SSSR count). The van der Waals surface area contributed by atoms with E-state index in [1.807, 2.05) is 12.1 Å². The van der Waals surface area contributed by atoms with Crippen molar-refractivity contribution in [3.63, 3.8) is 0 Å². The number of hydrogen-bond acceptors (Lipinski definition) is 6. The number of aliphatic hydroxyl groups excluding tert-OH is 1. The molecule has 6 heteroatoms. The van der Waals surface area contributed by atoms with Gasteiger partial charge in [0.25, 0.3) is 0 Å². The quantitative estimate of drug-likeness (QED) is 0.722. The molecule has 0 aliphatic carbocycles. The molecule has 2 saturated heterocycles. The molecule has 0 bridgehead atoms. The Hall–Kier alpha value is -1.65. The number of nitriles is 1. The standard InChI is InChI=1S/C23H36N4O2/c1-3-25-11-13-27(14-12-25)17-21(28)18-29-22-6-4-5-20(15-22)16-26-9-7-23(2,19-24)8-10-26/h4-6,15,21,28H,3,7-14,16-18H2,1-2H3. The van der Waals surface area contributed by atoms with Gasteiger partial charge in [0.15, 0.2) is 0 Å². The third-order valence-corrected chi connectivity index (χ3v) is 6.36. The monoisotopic (exact) mass is 400 g/mol. The second-order valence-corrected chi connectivity index (χ2v) is 8.80. The lowest BCUT2D eigenvalue weighted by Gasteiger charge is -2.35. The van der Waals surface area contributed by atoms with Crippen LogP contribution in [0.15, 0.2) is 24.3 Å². The number of ether oxygens (including phenoxy) is 1. The maximum absolute atomic E-state index is 10.4. The molecular formula is C23H36N4O2. The molecule has 1 N–H and O–H groups in total. The topological polar surface area (TPSA) is 63.0 Å². The Kier molecular flexibility index (Phi) is 7.91. The van der Waals surface area contributed by atoms with Gasteiger partial charge in [0.05, 0.1) is 11.5 Å². The zero-order valence-electron chi connectivity index (χ0n) is 18.0. The molecule has 6 nitrogen and oxygen atoms in total. The summed E-state index contributed by atoms with van der Waals surface area (Å²) in [5.74, 6) is 0.816. The molecule has 0 aromatic heterocycles. The van der Waals surface area contributed by atoms with E-state index in [-0.39, 0.29) is 5.41 Å². The Morgan fingerprint density at radius 3 is 2.45 bits per heavy atom. The number of likely N-dealkylation sites (tertiary alicyclic amines) is 1. The van der Waals surface area contributed by atoms with Crippen molar-refractivity contribution in [3.8, 4) is 11.8 Å². The van der Waals surface area contributed by atoms with Crippen molar-refractivity contribution < 1.29 is 9.84 Å². The predicted octanol–water partition coefficient (Wildman–Crippen LogP) is 2.19. The first-order valence-corrected chi connectivity index (χ1v) is 11.0. The summed E-state index contributed by atoms with van der Waals surface area (Å²) in [6, 6.07) is 10.6. The molecule has 0 radical (unpaired) electrons. The summed E-state index contributed by atoms with van der Waals surface area (Å²) >= 11 is 0. The molecular weight excluding hydrogens is 364 g/mol. The van der Waals surface area contributed by atoms with Crippen molar-refractivity contribution in [1.29, 1.82) is 5.26 Å². The van der Waals surface area contributed by atoms with Gasteiger partial charge in [0, 0.05) is 39.3 Å². The fourth-order valence-electron chi connectivity index (χ4n) is 4.14. The Labute approximate surface area is 175 Å². The summed E-state index contributed by atoms with van der Waals surface area (Å²) in [5, 5.41) is 19.7. The van der Waals surface area contributed by atoms with E-state index in [9.17, 15) is 10.4 Å². The van der Waals surface area contributed by atoms with Gasteiger partial charge < -0.3 is 14.7 Å². The fraction of sp³-hybridized carbons (Fsp3) is 0.696. The number of rotatable bonds is 8. The smallest absolute Gasteiger partial charge is 0.119 e. The Morgan fingerprint density at radius 2 is 1.79 bits per heavy atom. The summed E-state index contributed by atoms with van der Waals surface area (Å²) in [7, 11) is 0. The number of piperidine rings is 1. The molecule has 2 aliphatic heterocycles. The van der Waals surface area contributed by atoms with Crippen molar-refractivity contribution in [2.75, 3.05) is 59.0 Å². The van der Waals surface area contributed by atoms with Gasteiger partial charge in [-0.05, 0) is 57.1 Å². The zero-order valence-corrected chi connectivity index (χ0v) is 18.0. The minimum absolute atomic E-state index is 0.166. The largest absolute Gasteiger partial charge is 0.491 e. The number of aliphatic hydroxyl groups is 1. The van der Waals surface area contributed by atoms with Crippen molar-refractivity contribution in [2.24, 2.45) is 5.41 Å². The van der Waals surface area contributed by atoms with Gasteiger partial charge in [0.1, 0.15) is 18.5 Å². The van der Waals surface area contributed by atoms with Crippen molar-refractivity contribution in [2.45, 2.75) is 39.3 Å². The van der Waals surface area contributed by atoms with E-state index in [4.69, 9.17) is 4.74 Å². The summed E-state index contributed by atoms with van der Waals surface area (Å²) in [4.78, 5) is 7.17. The minimum atomic E-state index is -0.474. The first-order valence-electron chi connectivity index (χ1n) is 11.0. The average Bonchev–Trinajstić information content (AvgIpc) is 2.75. The van der Waals surface area contributed by atoms with E-state index in [0.29, 0.717) is 13.2 Å². The molecule has 0 saturated carbocycles. The molecule has 2 aliphatic rings. The first kappa shape index (κ1) is 22.0. The number of hydrogen-bond donors (Lipinski definition) is 1. The molecule has 1 unspecified atom stereocenters. The molecule has 2 heterocycles. The minimum Gasteiger partial charge on any atom is -0.491 e. The van der Waals surface area contributed by atoms with E-state index >= 15 is 0 Å². The second-order valence-electron chi connectivity index (χ2n) is 8.80. The lowest BCUT2D eigenvalue weighted by molar-refractivity contribution is 0.0470. The van der Waals surface area contributed by atoms with Crippen molar-refractivity contribution >= 4 is 0 Å². The van der Waals surface area contributed by atoms with E-state index < -0.39 is 6.10 Å². The van der Waals surface area contributed by atoms with E-state index in [2.05, 4.69) is 46.7 Å². The van der Waals surface area contributed by atoms with Crippen LogP contribution >= 0.6 is 0 Å². The van der Waals surface area contributed by atoms with E-state index in [0.717, 1.165) is 70.9 Å². The van der Waals surface area contributed by atoms with Gasteiger partial charge in [-0.1, -0.05) is 19.1 Å². The highest BCUT2D eigenvalue weighted by Gasteiger charge is 2.29. The normalized spacial score (nSPS) is 22.1. The maximum Gasteiger partial charge on any atom is 0.119 e. The highest BCUT2D eigenvalue weighted by Crippen LogP contribution is 2.30. The lowest BCUT2D eigenvalue weighted by Crippen LogP contribution is -2.49. The first-order chi connectivity index (χ1) is 14.0. The highest BCUT2D eigenvalue weighted by atomic mass is 16.5. The van der Waals surface area contributed by atoms with Crippen LogP contribution in [-0.4, -0.2) is 84.9 Å². The molecule has 0 spiro atoms. The van der Waals surface area contributed by atoms with Crippen LogP contribution in [0.5, 0.6) is 5.75 Å². The summed E-state index contributed by atoms with van der Waals surface area (Å²) in [6.45, 7) is 13.3. The third-order valence-electron chi connectivity index (χ3n) is 6.36. The van der Waals surface area contributed by atoms with E-state index in [1.54, 1.807) is 0 Å². The molecule has 29 heavy (non-hydrogen) atoms. The SMILES string of the molecule is CCN1CCN(CC(O)COc2cccc(CN3CCC(C)(C#N)CC3)c2)CC1. The maximum atomic E-state index is 10.4. The lowest BCUT2D eigenvalue weighted by atomic mass is 9.82. The van der Waals surface area contributed by atoms with Crippen LogP contribution in [0.3, 0.4) is 0 Å². The number of benzene rings is 1. The summed E-state index contributed by atoms with van der Waals surface area (Å²) in [6.07, 6.45) is 1.38. The Balaban J connectivity index is 1.41. The number of β-amino-alcohol motifs (C(OH)–C–C–N with tert-alkyl or cyclic N) is 1. The highest BCUT2D eigenvalue weighted by molar-refractivity contribution is 5.28. The summed E-state index contributed by atoms with van der Waals surface area (Å²) in [5.41, 5.74) is 1.05. The van der Waals surface area contributed by atoms with E-state index in [1.165, 1.54) is 5.56 Å². The molecule has 1 aromatic carbocycles. The Morgan fingerprint density at radius 1 is 1.10 bits per heavy atom. The molecule has 1 atom stereocenters. The summed E-state index contributed by atoms with van der Waals surface area (Å²) < 4.78 is 5.88. The molecule has 160 valence electrons. The number of nitrogens with zero attached hydrogens (tertiary/aromatic N) is 4. The van der Waals surface area contributed by atoms with Gasteiger partial charge >= 0.3 is 0 Å². The fourth-order valence-corrected chi connectivity index (χ4v) is 4.14. The van der Waals surface area contributed by atoms with Gasteiger partial charge in [-0.3, -0.25) is 9.80 Å². The van der Waals surface area contributed by atoms with Crippen LogP contribution in [-0.2, 0) is 6.54 Å². The molecule has 1 aromatic rings. The van der Waals surface area contributed by atoms with Crippen molar-refractivity contribution in [3.05, 3.63) is 29.8 Å². The van der Waals surface area contributed by atoms with Crippen molar-refractivity contribution in [1.82, 2.24) is 14.7 Å².